The van der Waals surface area contributed by atoms with E-state index in [-0.39, 0.29) is 6.10 Å². The van der Waals surface area contributed by atoms with Crippen molar-refractivity contribution in [3.8, 4) is 0 Å². The van der Waals surface area contributed by atoms with Crippen LogP contribution in [-0.2, 0) is 11.3 Å². The van der Waals surface area contributed by atoms with E-state index in [1.165, 1.54) is 0 Å². The highest BCUT2D eigenvalue weighted by Gasteiger charge is 2.13. The van der Waals surface area contributed by atoms with Crippen molar-refractivity contribution < 1.29 is 4.74 Å². The smallest absolute Gasteiger partial charge is 0.156 e. The van der Waals surface area contributed by atoms with E-state index < -0.39 is 0 Å². The van der Waals surface area contributed by atoms with Gasteiger partial charge >= 0.3 is 0 Å². The summed E-state index contributed by atoms with van der Waals surface area (Å²) in [6.07, 6.45) is 2.52. The van der Waals surface area contributed by atoms with Crippen LogP contribution in [0, 0.1) is 0 Å². The molecule has 0 aliphatic heterocycles. The minimum absolute atomic E-state index is 0.0465. The average molecular weight is 280 g/mol. The Labute approximate surface area is 118 Å². The van der Waals surface area contributed by atoms with Gasteiger partial charge in [-0.2, -0.15) is 5.10 Å². The molecule has 0 N–H and O–H groups in total. The van der Waals surface area contributed by atoms with E-state index >= 15 is 0 Å². The van der Waals surface area contributed by atoms with Gasteiger partial charge in [0.05, 0.1) is 6.54 Å². The standard InChI is InChI=1S/C14H18ClN3O/c1-3-8-19-11(2)14-16-10-17-18(14)9-12-4-6-13(15)7-5-12/h4-7,10-11H,3,8-9H2,1-2H3/t11-/m1/s1. The van der Waals surface area contributed by atoms with Gasteiger partial charge in [0.25, 0.3) is 0 Å². The van der Waals surface area contributed by atoms with E-state index in [4.69, 9.17) is 16.3 Å². The molecule has 4 nitrogen and oxygen atoms in total. The summed E-state index contributed by atoms with van der Waals surface area (Å²) in [5, 5.41) is 4.99. The van der Waals surface area contributed by atoms with E-state index in [2.05, 4.69) is 17.0 Å². The molecule has 1 heterocycles. The summed E-state index contributed by atoms with van der Waals surface area (Å²) in [4.78, 5) is 4.28. The maximum atomic E-state index is 5.88. The predicted octanol–water partition coefficient (Wildman–Crippen LogP) is 3.47. The minimum Gasteiger partial charge on any atom is -0.371 e. The fraction of sp³-hybridized carbons (Fsp3) is 0.429. The van der Waals surface area contributed by atoms with Crippen LogP contribution in [0.15, 0.2) is 30.6 Å². The molecule has 1 aromatic carbocycles. The van der Waals surface area contributed by atoms with Gasteiger partial charge in [-0.1, -0.05) is 30.7 Å². The van der Waals surface area contributed by atoms with Gasteiger partial charge in [0.1, 0.15) is 12.4 Å². The molecule has 2 rings (SSSR count). The molecule has 102 valence electrons. The Morgan fingerprint density at radius 2 is 2.05 bits per heavy atom. The van der Waals surface area contributed by atoms with Crippen LogP contribution in [0.25, 0.3) is 0 Å². The van der Waals surface area contributed by atoms with Crippen LogP contribution in [0.2, 0.25) is 5.02 Å². The molecule has 1 atom stereocenters. The first-order valence-electron chi connectivity index (χ1n) is 6.44. The average Bonchev–Trinajstić information content (AvgIpc) is 2.87. The first kappa shape index (κ1) is 14.0. The van der Waals surface area contributed by atoms with Crippen molar-refractivity contribution in [2.75, 3.05) is 6.61 Å². The molecule has 0 aliphatic rings. The lowest BCUT2D eigenvalue weighted by Crippen LogP contribution is -2.12. The summed E-state index contributed by atoms with van der Waals surface area (Å²) in [6.45, 7) is 5.49. The van der Waals surface area contributed by atoms with Gasteiger partial charge in [-0.15, -0.1) is 0 Å². The maximum absolute atomic E-state index is 5.88. The summed E-state index contributed by atoms with van der Waals surface area (Å²) < 4.78 is 7.55. The molecular weight excluding hydrogens is 262 g/mol. The van der Waals surface area contributed by atoms with Gasteiger partial charge in [0.15, 0.2) is 5.82 Å². The molecule has 0 aliphatic carbocycles. The third-order valence-electron chi connectivity index (χ3n) is 2.83. The van der Waals surface area contributed by atoms with Crippen LogP contribution >= 0.6 is 11.6 Å². The summed E-state index contributed by atoms with van der Waals surface area (Å²) >= 11 is 5.88. The monoisotopic (exact) mass is 279 g/mol. The number of rotatable bonds is 6. The van der Waals surface area contributed by atoms with Gasteiger partial charge in [-0.3, -0.25) is 0 Å². The Kier molecular flexibility index (Phi) is 4.93. The van der Waals surface area contributed by atoms with Gasteiger partial charge in [-0.05, 0) is 31.0 Å². The normalized spacial score (nSPS) is 12.6. The number of hydrogen-bond donors (Lipinski definition) is 0. The topological polar surface area (TPSA) is 39.9 Å². The third-order valence-corrected chi connectivity index (χ3v) is 3.08. The molecule has 0 bridgehead atoms. The van der Waals surface area contributed by atoms with Crippen molar-refractivity contribution in [1.29, 1.82) is 0 Å². The molecule has 0 amide bonds. The number of halogens is 1. The van der Waals surface area contributed by atoms with Gasteiger partial charge in [0.2, 0.25) is 0 Å². The number of hydrogen-bond acceptors (Lipinski definition) is 3. The fourth-order valence-corrected chi connectivity index (χ4v) is 1.97. The van der Waals surface area contributed by atoms with Crippen LogP contribution in [0.3, 0.4) is 0 Å². The zero-order valence-electron chi connectivity index (χ0n) is 11.2. The molecule has 5 heteroatoms. The number of ether oxygens (including phenoxy) is 1. The zero-order valence-corrected chi connectivity index (χ0v) is 12.0. The Bertz CT molecular complexity index is 510. The van der Waals surface area contributed by atoms with Crippen molar-refractivity contribution in [2.24, 2.45) is 0 Å². The second-order valence-electron chi connectivity index (χ2n) is 4.42. The van der Waals surface area contributed by atoms with Gasteiger partial charge < -0.3 is 4.74 Å². The van der Waals surface area contributed by atoms with Crippen LogP contribution in [-0.4, -0.2) is 21.4 Å². The predicted molar refractivity (Wildman–Crippen MR) is 75.2 cm³/mol. The van der Waals surface area contributed by atoms with E-state index in [0.717, 1.165) is 29.4 Å². The quantitative estimate of drug-likeness (QED) is 0.813. The van der Waals surface area contributed by atoms with E-state index in [1.807, 2.05) is 35.9 Å². The SMILES string of the molecule is CCCO[C@H](C)c1ncnn1Cc1ccc(Cl)cc1. The molecule has 0 saturated heterocycles. The Morgan fingerprint density at radius 3 is 2.74 bits per heavy atom. The third kappa shape index (κ3) is 3.78. The number of aromatic nitrogens is 3. The second kappa shape index (κ2) is 6.68. The lowest BCUT2D eigenvalue weighted by Gasteiger charge is -2.13. The molecule has 0 fully saturated rings. The Hall–Kier alpha value is -1.39. The summed E-state index contributed by atoms with van der Waals surface area (Å²) in [5.74, 6) is 0.850. The van der Waals surface area contributed by atoms with Crippen molar-refractivity contribution in [3.63, 3.8) is 0 Å². The van der Waals surface area contributed by atoms with Crippen LogP contribution in [0.1, 0.15) is 37.8 Å². The lowest BCUT2D eigenvalue weighted by atomic mass is 10.2. The maximum Gasteiger partial charge on any atom is 0.156 e. The van der Waals surface area contributed by atoms with Crippen molar-refractivity contribution in [2.45, 2.75) is 32.9 Å². The molecule has 0 saturated carbocycles. The molecule has 2 aromatic rings. The van der Waals surface area contributed by atoms with E-state index in [0.29, 0.717) is 6.54 Å². The highest BCUT2D eigenvalue weighted by Crippen LogP contribution is 2.16. The summed E-state index contributed by atoms with van der Waals surface area (Å²) in [6, 6.07) is 7.74. The molecular formula is C14H18ClN3O. The van der Waals surface area contributed by atoms with Crippen molar-refractivity contribution in [3.05, 3.63) is 47.0 Å². The second-order valence-corrected chi connectivity index (χ2v) is 4.85. The molecule has 0 unspecified atom stereocenters. The van der Waals surface area contributed by atoms with Gasteiger partial charge in [0, 0.05) is 11.6 Å². The fourth-order valence-electron chi connectivity index (χ4n) is 1.84. The summed E-state index contributed by atoms with van der Waals surface area (Å²) in [7, 11) is 0. The largest absolute Gasteiger partial charge is 0.371 e. The highest BCUT2D eigenvalue weighted by molar-refractivity contribution is 6.30. The molecule has 19 heavy (non-hydrogen) atoms. The number of nitrogens with zero attached hydrogens (tertiary/aromatic N) is 3. The summed E-state index contributed by atoms with van der Waals surface area (Å²) in [5.41, 5.74) is 1.14. The minimum atomic E-state index is -0.0465. The van der Waals surface area contributed by atoms with E-state index in [1.54, 1.807) is 6.33 Å². The van der Waals surface area contributed by atoms with Crippen LogP contribution in [0.4, 0.5) is 0 Å². The van der Waals surface area contributed by atoms with Crippen LogP contribution < -0.4 is 0 Å². The van der Waals surface area contributed by atoms with Gasteiger partial charge in [-0.25, -0.2) is 9.67 Å². The molecule has 1 aromatic heterocycles. The molecule has 0 spiro atoms. The highest BCUT2D eigenvalue weighted by atomic mass is 35.5. The van der Waals surface area contributed by atoms with Crippen molar-refractivity contribution >= 4 is 11.6 Å². The van der Waals surface area contributed by atoms with Crippen molar-refractivity contribution in [1.82, 2.24) is 14.8 Å². The Morgan fingerprint density at radius 1 is 1.32 bits per heavy atom. The van der Waals surface area contributed by atoms with Crippen LogP contribution in [0.5, 0.6) is 0 Å². The Balaban J connectivity index is 2.08. The number of benzene rings is 1. The zero-order chi connectivity index (χ0) is 13.7. The lowest BCUT2D eigenvalue weighted by molar-refractivity contribution is 0.0573. The first-order valence-corrected chi connectivity index (χ1v) is 6.82. The first-order chi connectivity index (χ1) is 9.20. The molecule has 0 radical (unpaired) electrons. The van der Waals surface area contributed by atoms with E-state index in [9.17, 15) is 0 Å².